The molecule has 0 fully saturated rings. The van der Waals surface area contributed by atoms with Crippen LogP contribution >= 0.6 is 0 Å². The Morgan fingerprint density at radius 3 is 2.12 bits per heavy atom. The molecule has 1 rings (SSSR count). The third-order valence-electron chi connectivity index (χ3n) is 2.46. The number of aliphatic hydroxyl groups excluding tert-OH is 1. The Bertz CT molecular complexity index is 334. The maximum absolute atomic E-state index is 12.3. The van der Waals surface area contributed by atoms with Crippen LogP contribution in [0.15, 0.2) is 24.3 Å². The van der Waals surface area contributed by atoms with Crippen molar-refractivity contribution in [3.8, 4) is 0 Å². The molecule has 0 unspecified atom stereocenters. The zero-order chi connectivity index (χ0) is 12.3. The first-order valence-corrected chi connectivity index (χ1v) is 4.97. The fourth-order valence-corrected chi connectivity index (χ4v) is 1.34. The van der Waals surface area contributed by atoms with Crippen molar-refractivity contribution in [3.05, 3.63) is 35.4 Å². The molecule has 0 amide bonds. The molecular formula is C11H14F3NO. The fraction of sp³-hybridized carbons (Fsp3) is 0.455. The first-order valence-electron chi connectivity index (χ1n) is 4.97. The van der Waals surface area contributed by atoms with E-state index in [9.17, 15) is 18.3 Å². The molecule has 0 saturated carbocycles. The number of hydrogen-bond donors (Lipinski definition) is 2. The molecule has 0 aliphatic rings. The smallest absolute Gasteiger partial charge is 0.387 e. The summed E-state index contributed by atoms with van der Waals surface area (Å²) in [5, 5.41) is 9.68. The van der Waals surface area contributed by atoms with Crippen molar-refractivity contribution in [2.24, 2.45) is 5.73 Å². The highest BCUT2D eigenvalue weighted by molar-refractivity contribution is 5.26. The van der Waals surface area contributed by atoms with Gasteiger partial charge < -0.3 is 10.8 Å². The van der Waals surface area contributed by atoms with Crippen LogP contribution < -0.4 is 5.73 Å². The number of hydrogen-bond acceptors (Lipinski definition) is 2. The van der Waals surface area contributed by atoms with E-state index in [1.54, 1.807) is 6.92 Å². The second kappa shape index (κ2) is 4.84. The maximum atomic E-state index is 12.3. The van der Waals surface area contributed by atoms with E-state index in [4.69, 9.17) is 5.73 Å². The Morgan fingerprint density at radius 2 is 1.75 bits per heavy atom. The van der Waals surface area contributed by atoms with Crippen molar-refractivity contribution >= 4 is 0 Å². The minimum atomic E-state index is -4.35. The van der Waals surface area contributed by atoms with E-state index in [1.807, 2.05) is 0 Å². The summed E-state index contributed by atoms with van der Waals surface area (Å²) in [6, 6.07) is 3.94. The van der Waals surface area contributed by atoms with Gasteiger partial charge in [0.15, 0.2) is 0 Å². The normalized spacial score (nSPS) is 15.9. The predicted molar refractivity (Wildman–Crippen MR) is 54.7 cm³/mol. The van der Waals surface area contributed by atoms with E-state index < -0.39 is 23.9 Å². The van der Waals surface area contributed by atoms with Crippen LogP contribution in [0, 0.1) is 0 Å². The monoisotopic (exact) mass is 233 g/mol. The molecule has 2 atom stereocenters. The van der Waals surface area contributed by atoms with Gasteiger partial charge >= 0.3 is 6.18 Å². The first-order chi connectivity index (χ1) is 7.36. The standard InChI is InChI=1S/C11H14F3NO/c1-2-9(15)10(16)7-3-5-8(6-4-7)11(12,13)14/h3-6,9-10,16H,2,15H2,1H3/t9-,10-/m0/s1. The fourth-order valence-electron chi connectivity index (χ4n) is 1.34. The molecule has 90 valence electrons. The van der Waals surface area contributed by atoms with Crippen molar-refractivity contribution in [2.75, 3.05) is 0 Å². The summed E-state index contributed by atoms with van der Waals surface area (Å²) in [6.07, 6.45) is -4.72. The number of nitrogens with two attached hydrogens (primary N) is 1. The Labute approximate surface area is 91.9 Å². The number of alkyl halides is 3. The van der Waals surface area contributed by atoms with E-state index in [0.29, 0.717) is 12.0 Å². The van der Waals surface area contributed by atoms with Gasteiger partial charge in [0.2, 0.25) is 0 Å². The molecule has 16 heavy (non-hydrogen) atoms. The van der Waals surface area contributed by atoms with Gasteiger partial charge in [-0.2, -0.15) is 13.2 Å². The molecule has 0 aromatic heterocycles. The lowest BCUT2D eigenvalue weighted by Crippen LogP contribution is -2.27. The summed E-state index contributed by atoms with van der Waals surface area (Å²) in [4.78, 5) is 0. The van der Waals surface area contributed by atoms with Crippen LogP contribution in [0.2, 0.25) is 0 Å². The molecule has 0 spiro atoms. The van der Waals surface area contributed by atoms with Gasteiger partial charge in [-0.1, -0.05) is 19.1 Å². The summed E-state index contributed by atoms with van der Waals surface area (Å²) < 4.78 is 36.8. The van der Waals surface area contributed by atoms with Gasteiger partial charge in [0.1, 0.15) is 0 Å². The van der Waals surface area contributed by atoms with Gasteiger partial charge in [0.25, 0.3) is 0 Å². The first kappa shape index (κ1) is 13.0. The van der Waals surface area contributed by atoms with Crippen LogP contribution in [0.3, 0.4) is 0 Å². The van der Waals surface area contributed by atoms with E-state index in [1.165, 1.54) is 12.1 Å². The molecule has 0 bridgehead atoms. The van der Waals surface area contributed by atoms with E-state index >= 15 is 0 Å². The lowest BCUT2D eigenvalue weighted by molar-refractivity contribution is -0.137. The molecule has 5 heteroatoms. The Balaban J connectivity index is 2.87. The van der Waals surface area contributed by atoms with Crippen molar-refractivity contribution < 1.29 is 18.3 Å². The Hall–Kier alpha value is -1.07. The van der Waals surface area contributed by atoms with Crippen LogP contribution in [-0.2, 0) is 6.18 Å². The highest BCUT2D eigenvalue weighted by atomic mass is 19.4. The van der Waals surface area contributed by atoms with Gasteiger partial charge in [-0.25, -0.2) is 0 Å². The van der Waals surface area contributed by atoms with E-state index in [-0.39, 0.29) is 0 Å². The molecule has 1 aromatic carbocycles. The molecule has 2 nitrogen and oxygen atoms in total. The zero-order valence-corrected chi connectivity index (χ0v) is 8.83. The molecule has 0 aliphatic heterocycles. The van der Waals surface area contributed by atoms with Crippen LogP contribution in [0.4, 0.5) is 13.2 Å². The van der Waals surface area contributed by atoms with Crippen LogP contribution in [0.25, 0.3) is 0 Å². The Kier molecular flexibility index (Phi) is 3.93. The highest BCUT2D eigenvalue weighted by Crippen LogP contribution is 2.30. The number of aliphatic hydroxyl groups is 1. The molecular weight excluding hydrogens is 219 g/mol. The number of halogens is 3. The topological polar surface area (TPSA) is 46.2 Å². The minimum absolute atomic E-state index is 0.405. The quantitative estimate of drug-likeness (QED) is 0.842. The molecule has 0 radical (unpaired) electrons. The largest absolute Gasteiger partial charge is 0.416 e. The second-order valence-electron chi connectivity index (χ2n) is 3.64. The van der Waals surface area contributed by atoms with E-state index in [2.05, 4.69) is 0 Å². The van der Waals surface area contributed by atoms with Gasteiger partial charge in [0.05, 0.1) is 11.7 Å². The average Bonchev–Trinajstić information content (AvgIpc) is 2.26. The third kappa shape index (κ3) is 2.96. The average molecular weight is 233 g/mol. The molecule has 0 heterocycles. The van der Waals surface area contributed by atoms with Gasteiger partial charge in [0, 0.05) is 6.04 Å². The number of benzene rings is 1. The number of rotatable bonds is 3. The summed E-state index contributed by atoms with van der Waals surface area (Å²) in [5.41, 5.74) is 5.28. The minimum Gasteiger partial charge on any atom is -0.387 e. The summed E-state index contributed by atoms with van der Waals surface area (Å²) in [6.45, 7) is 1.80. The second-order valence-corrected chi connectivity index (χ2v) is 3.64. The molecule has 0 aliphatic carbocycles. The third-order valence-corrected chi connectivity index (χ3v) is 2.46. The summed E-state index contributed by atoms with van der Waals surface area (Å²) >= 11 is 0. The lowest BCUT2D eigenvalue weighted by Gasteiger charge is -2.18. The van der Waals surface area contributed by atoms with Gasteiger partial charge in [-0.15, -0.1) is 0 Å². The van der Waals surface area contributed by atoms with Crippen molar-refractivity contribution in [3.63, 3.8) is 0 Å². The van der Waals surface area contributed by atoms with Crippen LogP contribution in [-0.4, -0.2) is 11.1 Å². The zero-order valence-electron chi connectivity index (χ0n) is 8.83. The van der Waals surface area contributed by atoms with Gasteiger partial charge in [-0.05, 0) is 24.1 Å². The molecule has 0 saturated heterocycles. The van der Waals surface area contributed by atoms with Crippen molar-refractivity contribution in [1.29, 1.82) is 0 Å². The summed E-state index contributed by atoms with van der Waals surface area (Å²) in [5.74, 6) is 0. The van der Waals surface area contributed by atoms with Gasteiger partial charge in [-0.3, -0.25) is 0 Å². The van der Waals surface area contributed by atoms with Crippen LogP contribution in [0.5, 0.6) is 0 Å². The Morgan fingerprint density at radius 1 is 1.25 bits per heavy atom. The van der Waals surface area contributed by atoms with Crippen molar-refractivity contribution in [1.82, 2.24) is 0 Å². The lowest BCUT2D eigenvalue weighted by atomic mass is 10.00. The summed E-state index contributed by atoms with van der Waals surface area (Å²) in [7, 11) is 0. The SMILES string of the molecule is CC[C@H](N)[C@@H](O)c1ccc(C(F)(F)F)cc1. The highest BCUT2D eigenvalue weighted by Gasteiger charge is 2.30. The predicted octanol–water partition coefficient (Wildman–Crippen LogP) is 2.48. The van der Waals surface area contributed by atoms with E-state index in [0.717, 1.165) is 12.1 Å². The molecule has 1 aromatic rings. The van der Waals surface area contributed by atoms with Crippen LogP contribution in [0.1, 0.15) is 30.6 Å². The van der Waals surface area contributed by atoms with Crippen molar-refractivity contribution in [2.45, 2.75) is 31.7 Å². The molecule has 3 N–H and O–H groups in total. The maximum Gasteiger partial charge on any atom is 0.416 e.